The monoisotopic (exact) mass is 237 g/mol. The Morgan fingerprint density at radius 3 is 2.88 bits per heavy atom. The molecule has 7 heteroatoms. The number of hydrogen-bond acceptors (Lipinski definition) is 4. The maximum atomic E-state index is 12.0. The van der Waals surface area contributed by atoms with Crippen LogP contribution in [0.3, 0.4) is 0 Å². The summed E-state index contributed by atoms with van der Waals surface area (Å²) in [5.74, 6) is 0.483. The van der Waals surface area contributed by atoms with Crippen LogP contribution in [-0.4, -0.2) is 44.1 Å². The van der Waals surface area contributed by atoms with Crippen molar-refractivity contribution < 1.29 is 9.59 Å². The van der Waals surface area contributed by atoms with E-state index in [9.17, 15) is 9.59 Å². The minimum atomic E-state index is -0.413. The van der Waals surface area contributed by atoms with Crippen molar-refractivity contribution in [2.75, 3.05) is 6.54 Å². The van der Waals surface area contributed by atoms with Crippen molar-refractivity contribution in [3.05, 3.63) is 12.2 Å². The van der Waals surface area contributed by atoms with Gasteiger partial charge in [-0.1, -0.05) is 6.92 Å². The molecule has 1 fully saturated rings. The van der Waals surface area contributed by atoms with E-state index in [1.54, 1.807) is 11.7 Å². The molecule has 1 saturated heterocycles. The Kier molecular flexibility index (Phi) is 3.08. The molecule has 1 unspecified atom stereocenters. The third kappa shape index (κ3) is 2.27. The van der Waals surface area contributed by atoms with Crippen LogP contribution in [0.25, 0.3) is 0 Å². The Morgan fingerprint density at radius 2 is 2.29 bits per heavy atom. The van der Waals surface area contributed by atoms with Gasteiger partial charge in [0.2, 0.25) is 11.8 Å². The first-order valence-electron chi connectivity index (χ1n) is 5.52. The molecule has 1 aromatic heterocycles. The quantitative estimate of drug-likeness (QED) is 0.735. The second kappa shape index (κ2) is 4.52. The van der Waals surface area contributed by atoms with Gasteiger partial charge in [0.25, 0.3) is 0 Å². The molecular formula is C10H15N5O2. The van der Waals surface area contributed by atoms with Crippen molar-refractivity contribution in [2.24, 2.45) is 7.05 Å². The first-order chi connectivity index (χ1) is 8.11. The molecule has 0 aromatic carbocycles. The van der Waals surface area contributed by atoms with E-state index in [0.717, 1.165) is 0 Å². The zero-order valence-electron chi connectivity index (χ0n) is 9.88. The van der Waals surface area contributed by atoms with E-state index in [1.807, 2.05) is 6.92 Å². The lowest BCUT2D eigenvalue weighted by Crippen LogP contribution is -2.57. The molecule has 0 aliphatic carbocycles. The Hall–Kier alpha value is -1.92. The molecule has 1 aliphatic heterocycles. The van der Waals surface area contributed by atoms with Gasteiger partial charge in [-0.15, -0.1) is 0 Å². The zero-order valence-corrected chi connectivity index (χ0v) is 9.88. The van der Waals surface area contributed by atoms with Gasteiger partial charge in [-0.05, 0) is 6.42 Å². The number of aromatic nitrogens is 3. The lowest BCUT2D eigenvalue weighted by Gasteiger charge is -2.31. The minimum absolute atomic E-state index is 0.0601. The molecule has 0 spiro atoms. The van der Waals surface area contributed by atoms with Gasteiger partial charge in [0.1, 0.15) is 24.7 Å². The number of nitrogens with one attached hydrogen (secondary N) is 1. The first kappa shape index (κ1) is 11.6. The second-order valence-electron chi connectivity index (χ2n) is 4.02. The summed E-state index contributed by atoms with van der Waals surface area (Å²) in [7, 11) is 1.76. The van der Waals surface area contributed by atoms with E-state index >= 15 is 0 Å². The fourth-order valence-corrected chi connectivity index (χ4v) is 1.82. The fraction of sp³-hybridized carbons (Fsp3) is 0.600. The van der Waals surface area contributed by atoms with Crippen LogP contribution >= 0.6 is 0 Å². The number of carbonyl (C=O) groups excluding carboxylic acids is 2. The molecule has 0 saturated carbocycles. The fourth-order valence-electron chi connectivity index (χ4n) is 1.82. The molecular weight excluding hydrogens is 222 g/mol. The van der Waals surface area contributed by atoms with Crippen LogP contribution in [0.5, 0.6) is 0 Å². The number of carbonyl (C=O) groups is 2. The van der Waals surface area contributed by atoms with E-state index in [-0.39, 0.29) is 18.4 Å². The van der Waals surface area contributed by atoms with Gasteiger partial charge in [-0.3, -0.25) is 14.3 Å². The summed E-state index contributed by atoms with van der Waals surface area (Å²) in [5.41, 5.74) is 0. The molecule has 2 rings (SSSR count). The molecule has 0 bridgehead atoms. The maximum absolute atomic E-state index is 12.0. The van der Waals surface area contributed by atoms with Gasteiger partial charge in [0, 0.05) is 7.05 Å². The van der Waals surface area contributed by atoms with E-state index in [4.69, 9.17) is 0 Å². The number of aryl methyl sites for hydroxylation is 1. The standard InChI is InChI=1S/C10H15N5O2/c1-3-7-10(17)15(5-9(16)13-7)4-8-11-6-12-14(8)2/h6-7H,3-5H2,1-2H3,(H,13,16). The lowest BCUT2D eigenvalue weighted by atomic mass is 10.1. The maximum Gasteiger partial charge on any atom is 0.246 e. The highest BCUT2D eigenvalue weighted by Gasteiger charge is 2.31. The summed E-state index contributed by atoms with van der Waals surface area (Å²) in [6, 6.07) is -0.413. The van der Waals surface area contributed by atoms with Crippen LogP contribution in [0.15, 0.2) is 6.33 Å². The van der Waals surface area contributed by atoms with Gasteiger partial charge < -0.3 is 10.2 Å². The number of rotatable bonds is 3. The summed E-state index contributed by atoms with van der Waals surface area (Å²) in [4.78, 5) is 29.0. The molecule has 17 heavy (non-hydrogen) atoms. The lowest BCUT2D eigenvalue weighted by molar-refractivity contribution is -0.145. The predicted octanol–water partition coefficient (Wildman–Crippen LogP) is -0.948. The van der Waals surface area contributed by atoms with Crippen molar-refractivity contribution in [1.29, 1.82) is 0 Å². The van der Waals surface area contributed by atoms with E-state index in [0.29, 0.717) is 18.8 Å². The summed E-state index contributed by atoms with van der Waals surface area (Å²) in [5, 5.41) is 6.60. The van der Waals surface area contributed by atoms with E-state index in [1.165, 1.54) is 11.2 Å². The van der Waals surface area contributed by atoms with Crippen molar-refractivity contribution in [3.8, 4) is 0 Å². The highest BCUT2D eigenvalue weighted by atomic mass is 16.2. The predicted molar refractivity (Wildman–Crippen MR) is 58.6 cm³/mol. The zero-order chi connectivity index (χ0) is 12.4. The van der Waals surface area contributed by atoms with Crippen LogP contribution in [0.4, 0.5) is 0 Å². The first-order valence-corrected chi connectivity index (χ1v) is 5.52. The number of hydrogen-bond donors (Lipinski definition) is 1. The average Bonchev–Trinajstić information content (AvgIpc) is 2.69. The molecule has 2 amide bonds. The molecule has 0 radical (unpaired) electrons. The van der Waals surface area contributed by atoms with Crippen molar-refractivity contribution in [3.63, 3.8) is 0 Å². The van der Waals surface area contributed by atoms with Gasteiger partial charge in [0.05, 0.1) is 6.54 Å². The summed E-state index contributed by atoms with van der Waals surface area (Å²) in [6.45, 7) is 2.27. The summed E-state index contributed by atoms with van der Waals surface area (Å²) >= 11 is 0. The molecule has 7 nitrogen and oxygen atoms in total. The van der Waals surface area contributed by atoms with Gasteiger partial charge >= 0.3 is 0 Å². The molecule has 1 aromatic rings. The Morgan fingerprint density at radius 1 is 1.53 bits per heavy atom. The normalized spacial score (nSPS) is 20.6. The molecule has 1 aliphatic rings. The third-order valence-electron chi connectivity index (χ3n) is 2.83. The molecule has 2 heterocycles. The van der Waals surface area contributed by atoms with Crippen LogP contribution < -0.4 is 5.32 Å². The largest absolute Gasteiger partial charge is 0.343 e. The van der Waals surface area contributed by atoms with Crippen molar-refractivity contribution in [1.82, 2.24) is 25.0 Å². The SMILES string of the molecule is CCC1NC(=O)CN(Cc2ncnn2C)C1=O. The van der Waals surface area contributed by atoms with Crippen LogP contribution in [0, 0.1) is 0 Å². The van der Waals surface area contributed by atoms with E-state index < -0.39 is 6.04 Å². The number of piperazine rings is 1. The van der Waals surface area contributed by atoms with Crippen molar-refractivity contribution in [2.45, 2.75) is 25.9 Å². The minimum Gasteiger partial charge on any atom is -0.343 e. The summed E-state index contributed by atoms with van der Waals surface area (Å²) in [6.07, 6.45) is 2.03. The average molecular weight is 237 g/mol. The van der Waals surface area contributed by atoms with Crippen LogP contribution in [-0.2, 0) is 23.2 Å². The topological polar surface area (TPSA) is 80.1 Å². The number of amides is 2. The third-order valence-corrected chi connectivity index (χ3v) is 2.83. The highest BCUT2D eigenvalue weighted by Crippen LogP contribution is 2.08. The molecule has 1 atom stereocenters. The van der Waals surface area contributed by atoms with Gasteiger partial charge in [-0.25, -0.2) is 4.98 Å². The Labute approximate surface area is 98.8 Å². The molecule has 1 N–H and O–H groups in total. The molecule has 92 valence electrons. The second-order valence-corrected chi connectivity index (χ2v) is 4.02. The van der Waals surface area contributed by atoms with Gasteiger partial charge in [0.15, 0.2) is 0 Å². The number of nitrogens with zero attached hydrogens (tertiary/aromatic N) is 4. The van der Waals surface area contributed by atoms with Crippen molar-refractivity contribution >= 4 is 11.8 Å². The van der Waals surface area contributed by atoms with Crippen LogP contribution in [0.2, 0.25) is 0 Å². The Bertz CT molecular complexity index is 442. The summed E-state index contributed by atoms with van der Waals surface area (Å²) < 4.78 is 1.60. The smallest absolute Gasteiger partial charge is 0.246 e. The van der Waals surface area contributed by atoms with Gasteiger partial charge in [-0.2, -0.15) is 5.10 Å². The highest BCUT2D eigenvalue weighted by molar-refractivity contribution is 5.94. The van der Waals surface area contributed by atoms with Crippen LogP contribution in [0.1, 0.15) is 19.2 Å². The Balaban J connectivity index is 2.12. The van der Waals surface area contributed by atoms with E-state index in [2.05, 4.69) is 15.4 Å².